The molecule has 2 saturated heterocycles. The maximum absolute atomic E-state index is 12.7. The summed E-state index contributed by atoms with van der Waals surface area (Å²) in [4.78, 5) is 8.60. The lowest BCUT2D eigenvalue weighted by atomic mass is 10.0. The van der Waals surface area contributed by atoms with E-state index in [1.807, 2.05) is 6.07 Å². The molecule has 7 heteroatoms. The number of aromatic nitrogens is 1. The summed E-state index contributed by atoms with van der Waals surface area (Å²) in [5.41, 5.74) is 0.504. The fourth-order valence-corrected chi connectivity index (χ4v) is 4.37. The quantitative estimate of drug-likeness (QED) is 0.817. The van der Waals surface area contributed by atoms with E-state index in [2.05, 4.69) is 44.4 Å². The number of hydrogen-bond acceptors (Lipinski definition) is 4. The number of halogens is 3. The minimum absolute atomic E-state index is 0.281. The van der Waals surface area contributed by atoms with E-state index in [0.29, 0.717) is 18.4 Å². The Labute approximate surface area is 163 Å². The molecule has 3 heterocycles. The number of nitrogens with one attached hydrogen (secondary N) is 1. The third kappa shape index (κ3) is 4.64. The van der Waals surface area contributed by atoms with Gasteiger partial charge < -0.3 is 10.2 Å². The van der Waals surface area contributed by atoms with E-state index < -0.39 is 11.9 Å². The Bertz CT molecular complexity index is 767. The molecule has 150 valence electrons. The van der Waals surface area contributed by atoms with E-state index in [1.54, 1.807) is 6.07 Å². The van der Waals surface area contributed by atoms with Crippen LogP contribution in [0.3, 0.4) is 0 Å². The lowest BCUT2D eigenvalue weighted by molar-refractivity contribution is -0.141. The van der Waals surface area contributed by atoms with Crippen molar-refractivity contribution in [1.82, 2.24) is 14.8 Å². The molecule has 2 fully saturated rings. The third-order valence-electron chi connectivity index (χ3n) is 5.66. The second-order valence-electron chi connectivity index (χ2n) is 7.79. The first kappa shape index (κ1) is 19.2. The van der Waals surface area contributed by atoms with Gasteiger partial charge in [0, 0.05) is 45.8 Å². The first-order valence-corrected chi connectivity index (χ1v) is 9.74. The Kier molecular flexibility index (Phi) is 5.55. The molecule has 0 spiro atoms. The zero-order chi connectivity index (χ0) is 19.6. The number of anilines is 1. The average Bonchev–Trinajstić information content (AvgIpc) is 3.20. The molecule has 4 nitrogen and oxygen atoms in total. The van der Waals surface area contributed by atoms with Crippen LogP contribution in [0.15, 0.2) is 48.5 Å². The predicted octanol–water partition coefficient (Wildman–Crippen LogP) is 3.58. The van der Waals surface area contributed by atoms with Gasteiger partial charge >= 0.3 is 6.18 Å². The highest BCUT2D eigenvalue weighted by Gasteiger charge is 2.39. The molecule has 0 bridgehead atoms. The normalized spacial score (nSPS) is 23.1. The van der Waals surface area contributed by atoms with Crippen LogP contribution in [0, 0.1) is 11.8 Å². The summed E-state index contributed by atoms with van der Waals surface area (Å²) in [6.07, 6.45) is -4.41. The van der Waals surface area contributed by atoms with Crippen LogP contribution in [0.2, 0.25) is 0 Å². The SMILES string of the molecule is FC(F)(F)c1cccc(NCCN2CC3CN(Cc4ccccc4)CC3C2)n1. The van der Waals surface area contributed by atoms with E-state index in [4.69, 9.17) is 0 Å². The summed E-state index contributed by atoms with van der Waals surface area (Å²) >= 11 is 0. The van der Waals surface area contributed by atoms with Gasteiger partial charge in [0.1, 0.15) is 11.5 Å². The van der Waals surface area contributed by atoms with Crippen molar-refractivity contribution in [3.8, 4) is 0 Å². The summed E-state index contributed by atoms with van der Waals surface area (Å²) in [7, 11) is 0. The minimum atomic E-state index is -4.41. The van der Waals surface area contributed by atoms with E-state index in [-0.39, 0.29) is 5.82 Å². The molecular formula is C21H25F3N4. The van der Waals surface area contributed by atoms with Gasteiger partial charge in [-0.15, -0.1) is 0 Å². The van der Waals surface area contributed by atoms with Crippen molar-refractivity contribution in [2.24, 2.45) is 11.8 Å². The second-order valence-corrected chi connectivity index (χ2v) is 7.79. The maximum Gasteiger partial charge on any atom is 0.433 e. The van der Waals surface area contributed by atoms with Crippen molar-refractivity contribution >= 4 is 5.82 Å². The lowest BCUT2D eigenvalue weighted by Crippen LogP contribution is -2.31. The largest absolute Gasteiger partial charge is 0.433 e. The molecule has 1 aromatic carbocycles. The van der Waals surface area contributed by atoms with Crippen LogP contribution in [0.1, 0.15) is 11.3 Å². The summed E-state index contributed by atoms with van der Waals surface area (Å²) in [5.74, 6) is 1.66. The van der Waals surface area contributed by atoms with E-state index >= 15 is 0 Å². The fraction of sp³-hybridized carbons (Fsp3) is 0.476. The Balaban J connectivity index is 1.21. The van der Waals surface area contributed by atoms with Crippen LogP contribution in [0.4, 0.5) is 19.0 Å². The lowest BCUT2D eigenvalue weighted by Gasteiger charge is -2.21. The zero-order valence-electron chi connectivity index (χ0n) is 15.7. The van der Waals surface area contributed by atoms with Gasteiger partial charge in [0.15, 0.2) is 0 Å². The molecule has 2 atom stereocenters. The molecule has 4 rings (SSSR count). The van der Waals surface area contributed by atoms with Gasteiger partial charge in [0.05, 0.1) is 0 Å². The number of pyridine rings is 1. The number of likely N-dealkylation sites (tertiary alicyclic amines) is 2. The van der Waals surface area contributed by atoms with Gasteiger partial charge in [-0.2, -0.15) is 13.2 Å². The summed E-state index contributed by atoms with van der Waals surface area (Å²) in [6, 6.07) is 14.5. The number of benzene rings is 1. The Morgan fingerprint density at radius 1 is 0.893 bits per heavy atom. The molecule has 0 radical (unpaired) electrons. The highest BCUT2D eigenvalue weighted by molar-refractivity contribution is 5.35. The van der Waals surface area contributed by atoms with Crippen molar-refractivity contribution in [2.75, 3.05) is 44.6 Å². The molecule has 0 aliphatic carbocycles. The van der Waals surface area contributed by atoms with Crippen LogP contribution in [-0.4, -0.2) is 54.1 Å². The van der Waals surface area contributed by atoms with Crippen LogP contribution >= 0.6 is 0 Å². The molecule has 28 heavy (non-hydrogen) atoms. The van der Waals surface area contributed by atoms with Gasteiger partial charge in [-0.1, -0.05) is 36.4 Å². The third-order valence-corrected chi connectivity index (χ3v) is 5.66. The standard InChI is InChI=1S/C21H25F3N4/c22-21(23,24)19-7-4-8-20(26-19)25-9-10-27-12-17-14-28(15-18(17)13-27)11-16-5-2-1-3-6-16/h1-8,17-18H,9-15H2,(H,25,26). The van der Waals surface area contributed by atoms with Crippen LogP contribution in [0.5, 0.6) is 0 Å². The predicted molar refractivity (Wildman–Crippen MR) is 103 cm³/mol. The monoisotopic (exact) mass is 390 g/mol. The highest BCUT2D eigenvalue weighted by atomic mass is 19.4. The average molecular weight is 390 g/mol. The molecular weight excluding hydrogens is 365 g/mol. The Morgan fingerprint density at radius 2 is 1.57 bits per heavy atom. The fourth-order valence-electron chi connectivity index (χ4n) is 4.37. The zero-order valence-corrected chi connectivity index (χ0v) is 15.7. The summed E-state index contributed by atoms with van der Waals surface area (Å²) < 4.78 is 38.2. The van der Waals surface area contributed by atoms with Crippen LogP contribution in [-0.2, 0) is 12.7 Å². The smallest absolute Gasteiger partial charge is 0.369 e. The molecule has 2 aromatic rings. The summed E-state index contributed by atoms with van der Waals surface area (Å²) in [5, 5.41) is 3.03. The van der Waals surface area contributed by atoms with Crippen molar-refractivity contribution < 1.29 is 13.2 Å². The number of rotatable bonds is 6. The molecule has 2 aliphatic heterocycles. The van der Waals surface area contributed by atoms with Gasteiger partial charge in [-0.05, 0) is 29.5 Å². The topological polar surface area (TPSA) is 31.4 Å². The van der Waals surface area contributed by atoms with Gasteiger partial charge in [-0.25, -0.2) is 4.98 Å². The number of alkyl halides is 3. The van der Waals surface area contributed by atoms with Crippen molar-refractivity contribution in [3.05, 3.63) is 59.8 Å². The Hall–Kier alpha value is -2.12. The number of fused-ring (bicyclic) bond motifs is 1. The van der Waals surface area contributed by atoms with Crippen molar-refractivity contribution in [2.45, 2.75) is 12.7 Å². The second kappa shape index (κ2) is 8.09. The molecule has 0 saturated carbocycles. The highest BCUT2D eigenvalue weighted by Crippen LogP contribution is 2.32. The van der Waals surface area contributed by atoms with Crippen molar-refractivity contribution in [1.29, 1.82) is 0 Å². The summed E-state index contributed by atoms with van der Waals surface area (Å²) in [6.45, 7) is 6.81. The van der Waals surface area contributed by atoms with Crippen molar-refractivity contribution in [3.63, 3.8) is 0 Å². The first-order valence-electron chi connectivity index (χ1n) is 9.74. The van der Waals surface area contributed by atoms with Gasteiger partial charge in [-0.3, -0.25) is 4.90 Å². The van der Waals surface area contributed by atoms with Crippen LogP contribution in [0.25, 0.3) is 0 Å². The van der Waals surface area contributed by atoms with E-state index in [9.17, 15) is 13.2 Å². The first-order chi connectivity index (χ1) is 13.5. The minimum Gasteiger partial charge on any atom is -0.369 e. The van der Waals surface area contributed by atoms with E-state index in [1.165, 1.54) is 11.6 Å². The maximum atomic E-state index is 12.7. The van der Waals surface area contributed by atoms with E-state index in [0.717, 1.165) is 45.3 Å². The molecule has 0 amide bonds. The molecule has 2 aliphatic rings. The van der Waals surface area contributed by atoms with Gasteiger partial charge in [0.2, 0.25) is 0 Å². The van der Waals surface area contributed by atoms with Crippen LogP contribution < -0.4 is 5.32 Å². The number of hydrogen-bond donors (Lipinski definition) is 1. The van der Waals surface area contributed by atoms with Gasteiger partial charge in [0.25, 0.3) is 0 Å². The molecule has 1 aromatic heterocycles. The molecule has 1 N–H and O–H groups in total. The number of nitrogens with zero attached hydrogens (tertiary/aromatic N) is 3. The molecule has 2 unspecified atom stereocenters. The Morgan fingerprint density at radius 3 is 2.25 bits per heavy atom.